The molecule has 0 radical (unpaired) electrons. The van der Waals surface area contributed by atoms with E-state index in [1.807, 2.05) is 18.4 Å². The summed E-state index contributed by atoms with van der Waals surface area (Å²) in [5, 5.41) is 9.02. The van der Waals surface area contributed by atoms with Crippen LogP contribution >= 0.6 is 35.3 Å². The van der Waals surface area contributed by atoms with Crippen LogP contribution in [0.15, 0.2) is 46.8 Å². The fourth-order valence-electron chi connectivity index (χ4n) is 3.48. The second-order valence-corrected chi connectivity index (χ2v) is 8.53. The molecule has 1 unspecified atom stereocenters. The molecule has 1 aromatic heterocycles. The van der Waals surface area contributed by atoms with Crippen LogP contribution in [-0.4, -0.2) is 37.5 Å². The van der Waals surface area contributed by atoms with Crippen molar-refractivity contribution in [3.05, 3.63) is 57.8 Å². The number of hydrogen-bond acceptors (Lipinski definition) is 3. The Kier molecular flexibility index (Phi) is 10.3. The van der Waals surface area contributed by atoms with E-state index in [1.165, 1.54) is 41.9 Å². The minimum Gasteiger partial charge on any atom is -0.356 e. The summed E-state index contributed by atoms with van der Waals surface area (Å²) in [6.07, 6.45) is 3.81. The zero-order valence-electron chi connectivity index (χ0n) is 17.0. The topological polar surface area (TPSA) is 39.7 Å². The Morgan fingerprint density at radius 2 is 1.82 bits per heavy atom. The summed E-state index contributed by atoms with van der Waals surface area (Å²) in [7, 11) is 1.83. The van der Waals surface area contributed by atoms with Crippen molar-refractivity contribution in [2.24, 2.45) is 10.9 Å². The van der Waals surface area contributed by atoms with Gasteiger partial charge < -0.3 is 10.6 Å². The first-order valence-electron chi connectivity index (χ1n) is 10.00. The van der Waals surface area contributed by atoms with Gasteiger partial charge in [-0.3, -0.25) is 9.89 Å². The maximum absolute atomic E-state index is 4.35. The number of likely N-dealkylation sites (tertiary alicyclic amines) is 1. The van der Waals surface area contributed by atoms with Crippen molar-refractivity contribution in [1.29, 1.82) is 0 Å². The van der Waals surface area contributed by atoms with Gasteiger partial charge in [0.15, 0.2) is 5.96 Å². The Morgan fingerprint density at radius 3 is 2.46 bits per heavy atom. The summed E-state index contributed by atoms with van der Waals surface area (Å²) in [5.41, 5.74) is 2.69. The van der Waals surface area contributed by atoms with Crippen LogP contribution in [0, 0.1) is 5.92 Å². The second kappa shape index (κ2) is 12.4. The Hall–Kier alpha value is -1.12. The average Bonchev–Trinajstić information content (AvgIpc) is 3.37. The van der Waals surface area contributed by atoms with Crippen molar-refractivity contribution in [3.63, 3.8) is 0 Å². The average molecular weight is 513 g/mol. The van der Waals surface area contributed by atoms with Crippen LogP contribution in [0.2, 0.25) is 0 Å². The Labute approximate surface area is 190 Å². The fraction of sp³-hybridized carbons (Fsp3) is 0.500. The lowest BCUT2D eigenvalue weighted by molar-refractivity contribution is 0.331. The lowest BCUT2D eigenvalue weighted by Crippen LogP contribution is -2.39. The van der Waals surface area contributed by atoms with E-state index in [0.29, 0.717) is 5.92 Å². The van der Waals surface area contributed by atoms with Crippen molar-refractivity contribution in [2.75, 3.05) is 26.7 Å². The molecule has 1 fully saturated rings. The first-order chi connectivity index (χ1) is 13.2. The van der Waals surface area contributed by atoms with Gasteiger partial charge in [0.1, 0.15) is 0 Å². The number of benzene rings is 1. The smallest absolute Gasteiger partial charge is 0.191 e. The molecule has 28 heavy (non-hydrogen) atoms. The van der Waals surface area contributed by atoms with Gasteiger partial charge in [0.25, 0.3) is 0 Å². The quantitative estimate of drug-likeness (QED) is 0.311. The van der Waals surface area contributed by atoms with E-state index in [0.717, 1.165) is 32.0 Å². The van der Waals surface area contributed by atoms with Gasteiger partial charge in [-0.25, -0.2) is 0 Å². The zero-order valence-corrected chi connectivity index (χ0v) is 20.1. The first kappa shape index (κ1) is 23.2. The number of halogens is 1. The van der Waals surface area contributed by atoms with E-state index < -0.39 is 0 Å². The SMILES string of the molecule is CN=C(NCc1ccc(CN2CCCC2)cc1)NCC(C)Cc1cccs1.I. The number of aliphatic imine (C=N–C) groups is 1. The predicted molar refractivity (Wildman–Crippen MR) is 132 cm³/mol. The molecular formula is C22H33IN4S. The van der Waals surface area contributed by atoms with Crippen molar-refractivity contribution in [3.8, 4) is 0 Å². The molecule has 1 aromatic carbocycles. The van der Waals surface area contributed by atoms with Gasteiger partial charge in [0.05, 0.1) is 0 Å². The maximum atomic E-state index is 4.35. The number of thiophene rings is 1. The molecule has 1 atom stereocenters. The van der Waals surface area contributed by atoms with E-state index in [2.05, 4.69) is 69.2 Å². The van der Waals surface area contributed by atoms with Crippen LogP contribution in [0.3, 0.4) is 0 Å². The third-order valence-electron chi connectivity index (χ3n) is 5.06. The predicted octanol–water partition coefficient (Wildman–Crippen LogP) is 4.51. The van der Waals surface area contributed by atoms with E-state index >= 15 is 0 Å². The van der Waals surface area contributed by atoms with Crippen LogP contribution in [0.1, 0.15) is 35.8 Å². The lowest BCUT2D eigenvalue weighted by atomic mass is 10.1. The Bertz CT molecular complexity index is 694. The molecule has 0 spiro atoms. The van der Waals surface area contributed by atoms with Gasteiger partial charge in [-0.15, -0.1) is 35.3 Å². The van der Waals surface area contributed by atoms with Gasteiger partial charge in [0, 0.05) is 31.6 Å². The highest BCUT2D eigenvalue weighted by Crippen LogP contribution is 2.14. The number of nitrogens with zero attached hydrogens (tertiary/aromatic N) is 2. The van der Waals surface area contributed by atoms with E-state index in [1.54, 1.807) is 0 Å². The van der Waals surface area contributed by atoms with E-state index in [9.17, 15) is 0 Å². The minimum atomic E-state index is 0. The molecule has 4 nitrogen and oxygen atoms in total. The fourth-order valence-corrected chi connectivity index (χ4v) is 4.35. The third-order valence-corrected chi connectivity index (χ3v) is 5.96. The number of hydrogen-bond donors (Lipinski definition) is 2. The largest absolute Gasteiger partial charge is 0.356 e. The summed E-state index contributed by atoms with van der Waals surface area (Å²) < 4.78 is 0. The molecule has 0 aliphatic carbocycles. The minimum absolute atomic E-state index is 0. The highest BCUT2D eigenvalue weighted by Gasteiger charge is 2.11. The molecule has 154 valence electrons. The molecular weight excluding hydrogens is 479 g/mol. The van der Waals surface area contributed by atoms with Crippen LogP contribution in [0.4, 0.5) is 0 Å². The maximum Gasteiger partial charge on any atom is 0.191 e. The molecule has 3 rings (SSSR count). The van der Waals surface area contributed by atoms with Crippen LogP contribution in [-0.2, 0) is 19.5 Å². The Morgan fingerprint density at radius 1 is 1.11 bits per heavy atom. The first-order valence-corrected chi connectivity index (χ1v) is 10.9. The monoisotopic (exact) mass is 512 g/mol. The van der Waals surface area contributed by atoms with Crippen molar-refractivity contribution < 1.29 is 0 Å². The molecule has 2 heterocycles. The van der Waals surface area contributed by atoms with Gasteiger partial charge in [-0.05, 0) is 60.8 Å². The molecule has 2 N–H and O–H groups in total. The zero-order chi connectivity index (χ0) is 18.9. The van der Waals surface area contributed by atoms with Gasteiger partial charge >= 0.3 is 0 Å². The molecule has 1 aliphatic rings. The van der Waals surface area contributed by atoms with Gasteiger partial charge in [-0.1, -0.05) is 37.3 Å². The summed E-state index contributed by atoms with van der Waals surface area (Å²) in [5.74, 6) is 1.45. The number of guanidine groups is 1. The van der Waals surface area contributed by atoms with E-state index in [4.69, 9.17) is 0 Å². The van der Waals surface area contributed by atoms with Gasteiger partial charge in [0.2, 0.25) is 0 Å². The van der Waals surface area contributed by atoms with Crippen LogP contribution in [0.25, 0.3) is 0 Å². The molecule has 1 aliphatic heterocycles. The van der Waals surface area contributed by atoms with Crippen molar-refractivity contribution in [1.82, 2.24) is 15.5 Å². The summed E-state index contributed by atoms with van der Waals surface area (Å²) in [6.45, 7) is 7.57. The number of nitrogens with one attached hydrogen (secondary N) is 2. The van der Waals surface area contributed by atoms with Crippen molar-refractivity contribution in [2.45, 2.75) is 39.3 Å². The molecule has 6 heteroatoms. The van der Waals surface area contributed by atoms with Crippen LogP contribution in [0.5, 0.6) is 0 Å². The van der Waals surface area contributed by atoms with E-state index in [-0.39, 0.29) is 24.0 Å². The Balaban J connectivity index is 0.00000280. The molecule has 0 bridgehead atoms. The normalized spacial score (nSPS) is 15.9. The van der Waals surface area contributed by atoms with Gasteiger partial charge in [-0.2, -0.15) is 0 Å². The molecule has 0 saturated carbocycles. The summed E-state index contributed by atoms with van der Waals surface area (Å²) >= 11 is 1.83. The van der Waals surface area contributed by atoms with Crippen LogP contribution < -0.4 is 10.6 Å². The second-order valence-electron chi connectivity index (χ2n) is 7.50. The molecule has 0 amide bonds. The standard InChI is InChI=1S/C22H32N4S.HI/c1-18(14-21-6-5-13-27-21)15-24-22(23-2)25-16-19-7-9-20(10-8-19)17-26-11-3-4-12-26;/h5-10,13,18H,3-4,11-12,14-17H2,1-2H3,(H2,23,24,25);1H. The highest BCUT2D eigenvalue weighted by molar-refractivity contribution is 14.0. The molecule has 1 saturated heterocycles. The summed E-state index contributed by atoms with van der Waals surface area (Å²) in [4.78, 5) is 8.33. The summed E-state index contributed by atoms with van der Waals surface area (Å²) in [6, 6.07) is 13.3. The lowest BCUT2D eigenvalue weighted by Gasteiger charge is -2.16. The van der Waals surface area contributed by atoms with Crippen molar-refractivity contribution >= 4 is 41.3 Å². The highest BCUT2D eigenvalue weighted by atomic mass is 127. The third kappa shape index (κ3) is 7.72. The molecule has 2 aromatic rings. The number of rotatable bonds is 8.